The molecule has 168 valence electrons. The maximum Gasteiger partial charge on any atom is 0.232 e. The van der Waals surface area contributed by atoms with E-state index in [1.165, 1.54) is 17.8 Å². The smallest absolute Gasteiger partial charge is 0.232 e. The Bertz CT molecular complexity index is 1220. The molecule has 0 amide bonds. The Morgan fingerprint density at radius 3 is 2.42 bits per heavy atom. The van der Waals surface area contributed by atoms with Crippen LogP contribution in [0, 0.1) is 5.82 Å². The van der Waals surface area contributed by atoms with Crippen LogP contribution in [-0.4, -0.2) is 43.5 Å². The van der Waals surface area contributed by atoms with Gasteiger partial charge in [0.2, 0.25) is 5.88 Å². The number of halogens is 1. The van der Waals surface area contributed by atoms with Gasteiger partial charge in [-0.1, -0.05) is 17.3 Å². The first kappa shape index (κ1) is 21.0. The minimum Gasteiger partial charge on any atom is -0.378 e. The van der Waals surface area contributed by atoms with E-state index in [9.17, 15) is 4.39 Å². The Labute approximate surface area is 191 Å². The lowest BCUT2D eigenvalue weighted by atomic mass is 10.0. The molecule has 4 aromatic rings. The van der Waals surface area contributed by atoms with Crippen LogP contribution in [0.5, 0.6) is 0 Å². The SMILES string of the molecule is CNc1onc(-c2ccnc(Nc3ccc(N4CCOCC4)cc3)c2)c1-c1ccc(F)cc1. The van der Waals surface area contributed by atoms with E-state index in [1.807, 2.05) is 24.3 Å². The van der Waals surface area contributed by atoms with E-state index in [2.05, 4.69) is 37.8 Å². The van der Waals surface area contributed by atoms with Gasteiger partial charge < -0.3 is 24.8 Å². The van der Waals surface area contributed by atoms with E-state index in [0.717, 1.165) is 48.7 Å². The molecule has 8 heteroatoms. The van der Waals surface area contributed by atoms with E-state index in [4.69, 9.17) is 9.26 Å². The maximum absolute atomic E-state index is 13.4. The van der Waals surface area contributed by atoms with Crippen molar-refractivity contribution in [1.82, 2.24) is 10.1 Å². The summed E-state index contributed by atoms with van der Waals surface area (Å²) in [4.78, 5) is 6.76. The number of morpholine rings is 1. The maximum atomic E-state index is 13.4. The largest absolute Gasteiger partial charge is 0.378 e. The van der Waals surface area contributed by atoms with Crippen molar-refractivity contribution >= 4 is 23.1 Å². The zero-order chi connectivity index (χ0) is 22.6. The first-order valence-electron chi connectivity index (χ1n) is 10.8. The highest BCUT2D eigenvalue weighted by molar-refractivity contribution is 5.88. The Balaban J connectivity index is 1.40. The number of nitrogens with one attached hydrogen (secondary N) is 2. The first-order chi connectivity index (χ1) is 16.2. The summed E-state index contributed by atoms with van der Waals surface area (Å²) in [5, 5.41) is 10.6. The van der Waals surface area contributed by atoms with Gasteiger partial charge in [-0.3, -0.25) is 0 Å². The molecule has 1 aliphatic heterocycles. The fraction of sp³-hybridized carbons (Fsp3) is 0.200. The molecule has 2 aromatic heterocycles. The standard InChI is InChI=1S/C25H24FN5O2/c1-27-25-23(17-2-4-19(26)5-3-17)24(30-33-25)18-10-11-28-22(16-18)29-20-6-8-21(9-7-20)31-12-14-32-15-13-31/h2-11,16,27H,12-15H2,1H3,(H,28,29). The third kappa shape index (κ3) is 4.51. The second-order valence-corrected chi connectivity index (χ2v) is 7.69. The highest BCUT2D eigenvalue weighted by Gasteiger charge is 2.19. The number of aromatic nitrogens is 2. The molecule has 1 fully saturated rings. The van der Waals surface area contributed by atoms with Crippen molar-refractivity contribution < 1.29 is 13.7 Å². The summed E-state index contributed by atoms with van der Waals surface area (Å²) in [5.74, 6) is 0.908. The molecule has 7 nitrogen and oxygen atoms in total. The van der Waals surface area contributed by atoms with Gasteiger partial charge in [0, 0.05) is 43.3 Å². The molecule has 2 N–H and O–H groups in total. The lowest BCUT2D eigenvalue weighted by molar-refractivity contribution is 0.122. The number of nitrogens with zero attached hydrogens (tertiary/aromatic N) is 3. The predicted octanol–water partition coefficient (Wildman–Crippen LogP) is 5.16. The van der Waals surface area contributed by atoms with Gasteiger partial charge in [-0.2, -0.15) is 0 Å². The van der Waals surface area contributed by atoms with Gasteiger partial charge in [-0.15, -0.1) is 0 Å². The van der Waals surface area contributed by atoms with Gasteiger partial charge >= 0.3 is 0 Å². The van der Waals surface area contributed by atoms with Gasteiger partial charge in [0.1, 0.15) is 17.3 Å². The van der Waals surface area contributed by atoms with Gasteiger partial charge in [0.05, 0.1) is 18.8 Å². The number of benzene rings is 2. The molecule has 1 aliphatic rings. The molecule has 0 spiro atoms. The Morgan fingerprint density at radius 1 is 0.939 bits per heavy atom. The Hall–Kier alpha value is -3.91. The number of hydrogen-bond acceptors (Lipinski definition) is 7. The molecule has 0 bridgehead atoms. The molecule has 0 radical (unpaired) electrons. The molecule has 3 heterocycles. The van der Waals surface area contributed by atoms with E-state index in [1.54, 1.807) is 25.4 Å². The van der Waals surface area contributed by atoms with E-state index >= 15 is 0 Å². The lowest BCUT2D eigenvalue weighted by Crippen LogP contribution is -2.36. The average Bonchev–Trinajstić information content (AvgIpc) is 3.30. The summed E-state index contributed by atoms with van der Waals surface area (Å²) in [6, 6.07) is 18.3. The summed E-state index contributed by atoms with van der Waals surface area (Å²) in [7, 11) is 1.76. The molecule has 0 unspecified atom stereocenters. The number of rotatable bonds is 6. The monoisotopic (exact) mass is 445 g/mol. The van der Waals surface area contributed by atoms with Gasteiger partial charge in [0.15, 0.2) is 0 Å². The van der Waals surface area contributed by atoms with Crippen LogP contribution in [0.2, 0.25) is 0 Å². The minimum atomic E-state index is -0.294. The summed E-state index contributed by atoms with van der Waals surface area (Å²) in [6.45, 7) is 3.32. The second-order valence-electron chi connectivity index (χ2n) is 7.69. The van der Waals surface area contributed by atoms with E-state index in [-0.39, 0.29) is 5.82 Å². The minimum absolute atomic E-state index is 0.294. The molecule has 1 saturated heterocycles. The Kier molecular flexibility index (Phi) is 5.91. The van der Waals surface area contributed by atoms with Gasteiger partial charge in [0.25, 0.3) is 0 Å². The predicted molar refractivity (Wildman–Crippen MR) is 127 cm³/mol. The van der Waals surface area contributed by atoms with Crippen molar-refractivity contribution in [3.05, 3.63) is 72.7 Å². The zero-order valence-electron chi connectivity index (χ0n) is 18.2. The number of hydrogen-bond donors (Lipinski definition) is 2. The summed E-state index contributed by atoms with van der Waals surface area (Å²) in [6.07, 6.45) is 1.72. The van der Waals surface area contributed by atoms with Crippen molar-refractivity contribution in [1.29, 1.82) is 0 Å². The lowest BCUT2D eigenvalue weighted by Gasteiger charge is -2.28. The van der Waals surface area contributed by atoms with Crippen LogP contribution in [0.15, 0.2) is 71.4 Å². The molecule has 5 rings (SSSR count). The molecule has 33 heavy (non-hydrogen) atoms. The van der Waals surface area contributed by atoms with Gasteiger partial charge in [-0.25, -0.2) is 9.37 Å². The third-order valence-corrected chi connectivity index (χ3v) is 5.60. The van der Waals surface area contributed by atoms with Crippen molar-refractivity contribution in [2.45, 2.75) is 0 Å². The summed E-state index contributed by atoms with van der Waals surface area (Å²) >= 11 is 0. The second kappa shape index (κ2) is 9.30. The van der Waals surface area contributed by atoms with E-state index < -0.39 is 0 Å². The number of anilines is 4. The fourth-order valence-corrected chi connectivity index (χ4v) is 3.91. The van der Waals surface area contributed by atoms with Crippen LogP contribution in [0.25, 0.3) is 22.4 Å². The van der Waals surface area contributed by atoms with Crippen molar-refractivity contribution in [3.63, 3.8) is 0 Å². The van der Waals surface area contributed by atoms with Crippen LogP contribution in [-0.2, 0) is 4.74 Å². The third-order valence-electron chi connectivity index (χ3n) is 5.60. The molecular formula is C25H24FN5O2. The topological polar surface area (TPSA) is 75.5 Å². The summed E-state index contributed by atoms with van der Waals surface area (Å²) < 4.78 is 24.4. The molecular weight excluding hydrogens is 421 g/mol. The van der Waals surface area contributed by atoms with Crippen LogP contribution >= 0.6 is 0 Å². The van der Waals surface area contributed by atoms with Crippen LogP contribution in [0.1, 0.15) is 0 Å². The van der Waals surface area contributed by atoms with Crippen molar-refractivity contribution in [3.8, 4) is 22.4 Å². The zero-order valence-corrected chi connectivity index (χ0v) is 18.2. The normalized spacial score (nSPS) is 13.7. The average molecular weight is 445 g/mol. The quantitative estimate of drug-likeness (QED) is 0.424. The van der Waals surface area contributed by atoms with Crippen LogP contribution < -0.4 is 15.5 Å². The first-order valence-corrected chi connectivity index (χ1v) is 10.8. The summed E-state index contributed by atoms with van der Waals surface area (Å²) in [5.41, 5.74) is 5.18. The van der Waals surface area contributed by atoms with Crippen LogP contribution in [0.3, 0.4) is 0 Å². The van der Waals surface area contributed by atoms with Crippen molar-refractivity contribution in [2.75, 3.05) is 48.9 Å². The molecule has 0 atom stereocenters. The number of ether oxygens (including phenoxy) is 1. The highest BCUT2D eigenvalue weighted by atomic mass is 19.1. The molecule has 0 saturated carbocycles. The number of pyridine rings is 1. The van der Waals surface area contributed by atoms with Crippen LogP contribution in [0.4, 0.5) is 27.5 Å². The highest BCUT2D eigenvalue weighted by Crippen LogP contribution is 2.38. The molecule has 0 aliphatic carbocycles. The Morgan fingerprint density at radius 2 is 1.70 bits per heavy atom. The molecule has 2 aromatic carbocycles. The fourth-order valence-electron chi connectivity index (χ4n) is 3.91. The van der Waals surface area contributed by atoms with Crippen molar-refractivity contribution in [2.24, 2.45) is 0 Å². The van der Waals surface area contributed by atoms with E-state index in [0.29, 0.717) is 17.4 Å². The van der Waals surface area contributed by atoms with Gasteiger partial charge in [-0.05, 0) is 54.1 Å².